The minimum atomic E-state index is -0.691. The van der Waals surface area contributed by atoms with Crippen molar-refractivity contribution in [3.8, 4) is 34.5 Å². The van der Waals surface area contributed by atoms with Crippen LogP contribution in [0.3, 0.4) is 0 Å². The lowest BCUT2D eigenvalue weighted by atomic mass is 9.93. The highest BCUT2D eigenvalue weighted by Crippen LogP contribution is 2.33. The summed E-state index contributed by atoms with van der Waals surface area (Å²) in [7, 11) is 9.12. The van der Waals surface area contributed by atoms with Gasteiger partial charge in [0.15, 0.2) is 11.5 Å². The van der Waals surface area contributed by atoms with Crippen LogP contribution in [0.25, 0.3) is 0 Å². The number of hydrogen-bond acceptors (Lipinski definition) is 8. The first kappa shape index (κ1) is 26.4. The van der Waals surface area contributed by atoms with E-state index in [1.165, 1.54) is 46.6 Å². The van der Waals surface area contributed by atoms with Gasteiger partial charge in [-0.2, -0.15) is 0 Å². The van der Waals surface area contributed by atoms with E-state index in [4.69, 9.17) is 28.4 Å². The summed E-state index contributed by atoms with van der Waals surface area (Å²) in [5, 5.41) is 0. The third-order valence-corrected chi connectivity index (χ3v) is 5.77. The zero-order valence-corrected chi connectivity index (χ0v) is 21.3. The molecular formula is C28H30O8. The van der Waals surface area contributed by atoms with Crippen LogP contribution in [-0.2, 0) is 12.8 Å². The predicted octanol–water partition coefficient (Wildman–Crippen LogP) is 4.59. The van der Waals surface area contributed by atoms with Crippen molar-refractivity contribution in [3.05, 3.63) is 70.8 Å². The van der Waals surface area contributed by atoms with Gasteiger partial charge in [-0.3, -0.25) is 9.59 Å². The summed E-state index contributed by atoms with van der Waals surface area (Å²) in [6.07, 6.45) is 1.01. The highest BCUT2D eigenvalue weighted by molar-refractivity contribution is 6.49. The normalized spacial score (nSPS) is 10.4. The quantitative estimate of drug-likeness (QED) is 0.267. The molecule has 8 heteroatoms. The summed E-state index contributed by atoms with van der Waals surface area (Å²) in [6, 6.07) is 13.5. The Balaban J connectivity index is 2.01. The van der Waals surface area contributed by atoms with E-state index in [9.17, 15) is 9.59 Å². The minimum Gasteiger partial charge on any atom is -0.497 e. The van der Waals surface area contributed by atoms with Gasteiger partial charge >= 0.3 is 0 Å². The number of carbonyl (C=O) groups is 2. The van der Waals surface area contributed by atoms with E-state index in [0.717, 1.165) is 5.56 Å². The van der Waals surface area contributed by atoms with Gasteiger partial charge in [0, 0.05) is 23.3 Å². The molecule has 0 bridgehead atoms. The summed E-state index contributed by atoms with van der Waals surface area (Å²) in [6.45, 7) is 0. The number of rotatable bonds is 12. The molecule has 0 aliphatic rings. The monoisotopic (exact) mass is 494 g/mol. The van der Waals surface area contributed by atoms with Crippen LogP contribution in [0.5, 0.6) is 34.5 Å². The molecular weight excluding hydrogens is 464 g/mol. The molecule has 0 saturated heterocycles. The van der Waals surface area contributed by atoms with Crippen molar-refractivity contribution in [2.75, 3.05) is 42.7 Å². The minimum absolute atomic E-state index is 0.162. The molecule has 3 rings (SSSR count). The Morgan fingerprint density at radius 3 is 1.47 bits per heavy atom. The van der Waals surface area contributed by atoms with E-state index >= 15 is 0 Å². The fraction of sp³-hybridized carbons (Fsp3) is 0.286. The van der Waals surface area contributed by atoms with Gasteiger partial charge in [0.25, 0.3) is 0 Å². The van der Waals surface area contributed by atoms with Crippen LogP contribution in [0.15, 0.2) is 48.5 Å². The number of hydrogen-bond donors (Lipinski definition) is 0. The van der Waals surface area contributed by atoms with E-state index in [1.54, 1.807) is 32.4 Å². The molecule has 0 heterocycles. The second kappa shape index (κ2) is 12.0. The topological polar surface area (TPSA) is 89.5 Å². The van der Waals surface area contributed by atoms with Crippen molar-refractivity contribution >= 4 is 11.6 Å². The summed E-state index contributed by atoms with van der Waals surface area (Å²) < 4.78 is 32.1. The molecule has 0 atom stereocenters. The molecule has 0 saturated carbocycles. The fourth-order valence-electron chi connectivity index (χ4n) is 3.82. The Labute approximate surface area is 210 Å². The lowest BCUT2D eigenvalue weighted by Gasteiger charge is -2.15. The highest BCUT2D eigenvalue weighted by Gasteiger charge is 2.25. The van der Waals surface area contributed by atoms with Crippen molar-refractivity contribution < 1.29 is 38.0 Å². The van der Waals surface area contributed by atoms with Gasteiger partial charge in [-0.15, -0.1) is 0 Å². The zero-order chi connectivity index (χ0) is 26.2. The Hall–Kier alpha value is -4.20. The van der Waals surface area contributed by atoms with Gasteiger partial charge in [0.1, 0.15) is 23.0 Å². The number of Topliss-reactive ketones (excluding diaryl/α,β-unsaturated/α-hetero) is 2. The molecule has 8 nitrogen and oxygen atoms in total. The summed E-state index contributed by atoms with van der Waals surface area (Å²) in [5.74, 6) is 1.58. The Bertz CT molecular complexity index is 1200. The number of ketones is 2. The number of aryl methyl sites for hydroxylation is 2. The van der Waals surface area contributed by atoms with Crippen LogP contribution in [0.1, 0.15) is 31.8 Å². The van der Waals surface area contributed by atoms with Crippen LogP contribution >= 0.6 is 0 Å². The van der Waals surface area contributed by atoms with Crippen LogP contribution in [0.2, 0.25) is 0 Å². The number of carbonyl (C=O) groups excluding carboxylic acids is 2. The van der Waals surface area contributed by atoms with Crippen LogP contribution in [-0.4, -0.2) is 54.2 Å². The van der Waals surface area contributed by atoms with Crippen LogP contribution in [0, 0.1) is 0 Å². The summed E-state index contributed by atoms with van der Waals surface area (Å²) in [4.78, 5) is 26.7. The SMILES string of the molecule is COc1cc(CCc2cc(OC)c(OC)cc2C(=O)C(=O)c2cc(OC)cc(OC)c2)cc(OC)c1. The van der Waals surface area contributed by atoms with E-state index in [2.05, 4.69) is 0 Å². The second-order valence-electron chi connectivity index (χ2n) is 7.84. The maximum Gasteiger partial charge on any atom is 0.233 e. The van der Waals surface area contributed by atoms with Crippen molar-refractivity contribution in [2.45, 2.75) is 12.8 Å². The highest BCUT2D eigenvalue weighted by atomic mass is 16.5. The average Bonchev–Trinajstić information content (AvgIpc) is 2.93. The maximum absolute atomic E-state index is 13.5. The molecule has 0 unspecified atom stereocenters. The van der Waals surface area contributed by atoms with E-state index < -0.39 is 11.6 Å². The first-order valence-corrected chi connectivity index (χ1v) is 11.2. The van der Waals surface area contributed by atoms with Crippen molar-refractivity contribution in [1.29, 1.82) is 0 Å². The third-order valence-electron chi connectivity index (χ3n) is 5.77. The molecule has 3 aromatic rings. The van der Waals surface area contributed by atoms with Gasteiger partial charge in [0.05, 0.1) is 42.7 Å². The molecule has 0 aliphatic heterocycles. The fourth-order valence-corrected chi connectivity index (χ4v) is 3.82. The van der Waals surface area contributed by atoms with Crippen LogP contribution < -0.4 is 28.4 Å². The molecule has 0 fully saturated rings. The largest absolute Gasteiger partial charge is 0.497 e. The predicted molar refractivity (Wildman–Crippen MR) is 135 cm³/mol. The zero-order valence-electron chi connectivity index (χ0n) is 21.3. The number of benzene rings is 3. The molecule has 190 valence electrons. The lowest BCUT2D eigenvalue weighted by molar-refractivity contribution is 0.0816. The Morgan fingerprint density at radius 2 is 1.00 bits per heavy atom. The standard InChI is InChI=1S/C28H30O8/c1-31-20-9-17(10-21(14-20)32-2)7-8-18-13-25(35-5)26(36-6)16-24(18)28(30)27(29)19-11-22(33-3)15-23(12-19)34-4/h9-16H,7-8H2,1-6H3. The first-order chi connectivity index (χ1) is 17.4. The maximum atomic E-state index is 13.5. The molecule has 0 spiro atoms. The van der Waals surface area contributed by atoms with Crippen molar-refractivity contribution in [3.63, 3.8) is 0 Å². The molecule has 0 aromatic heterocycles. The molecule has 0 N–H and O–H groups in total. The molecule has 3 aromatic carbocycles. The van der Waals surface area contributed by atoms with Crippen molar-refractivity contribution in [1.82, 2.24) is 0 Å². The van der Waals surface area contributed by atoms with Crippen molar-refractivity contribution in [2.24, 2.45) is 0 Å². The molecule has 0 radical (unpaired) electrons. The van der Waals surface area contributed by atoms with E-state index in [1.807, 2.05) is 12.1 Å². The van der Waals surface area contributed by atoms with E-state index in [0.29, 0.717) is 52.9 Å². The summed E-state index contributed by atoms with van der Waals surface area (Å²) in [5.41, 5.74) is 1.98. The Morgan fingerprint density at radius 1 is 0.528 bits per heavy atom. The third kappa shape index (κ3) is 5.89. The lowest BCUT2D eigenvalue weighted by Crippen LogP contribution is -2.17. The average molecular weight is 495 g/mol. The molecule has 36 heavy (non-hydrogen) atoms. The number of methoxy groups -OCH3 is 6. The van der Waals surface area contributed by atoms with Gasteiger partial charge < -0.3 is 28.4 Å². The molecule has 0 aliphatic carbocycles. The van der Waals surface area contributed by atoms with Gasteiger partial charge in [0.2, 0.25) is 11.6 Å². The smallest absolute Gasteiger partial charge is 0.233 e. The summed E-state index contributed by atoms with van der Waals surface area (Å²) >= 11 is 0. The first-order valence-electron chi connectivity index (χ1n) is 11.2. The Kier molecular flexibility index (Phi) is 8.78. The van der Waals surface area contributed by atoms with E-state index in [-0.39, 0.29) is 11.1 Å². The van der Waals surface area contributed by atoms with Gasteiger partial charge in [-0.25, -0.2) is 0 Å². The van der Waals surface area contributed by atoms with Gasteiger partial charge in [-0.1, -0.05) is 0 Å². The molecule has 0 amide bonds. The second-order valence-corrected chi connectivity index (χ2v) is 7.84. The van der Waals surface area contributed by atoms with Crippen LogP contribution in [0.4, 0.5) is 0 Å². The number of ether oxygens (including phenoxy) is 6. The van der Waals surface area contributed by atoms with Gasteiger partial charge in [-0.05, 0) is 60.4 Å².